The average molecular weight is 456 g/mol. The van der Waals surface area contributed by atoms with Crippen LogP contribution in [0.4, 0.5) is 22.7 Å². The third-order valence-electron chi connectivity index (χ3n) is 4.08. The topological polar surface area (TPSA) is 86.2 Å². The molecule has 2 aromatic heterocycles. The molecule has 3 rings (SSSR count). The lowest BCUT2D eigenvalue weighted by atomic mass is 9.96. The molecule has 0 saturated carbocycles. The minimum absolute atomic E-state index is 0.0939. The Morgan fingerprint density at radius 1 is 1.26 bits per heavy atom. The maximum absolute atomic E-state index is 15.0. The molecule has 0 radical (unpaired) electrons. The van der Waals surface area contributed by atoms with Gasteiger partial charge in [-0.25, -0.2) is 4.39 Å². The van der Waals surface area contributed by atoms with E-state index >= 15 is 4.39 Å². The van der Waals surface area contributed by atoms with Crippen LogP contribution in [-0.2, 0) is 6.18 Å². The molecule has 7 nitrogen and oxygen atoms in total. The van der Waals surface area contributed by atoms with Gasteiger partial charge >= 0.3 is 6.18 Å². The lowest BCUT2D eigenvalue weighted by Gasteiger charge is -2.17. The standard InChI is InChI=1S/C19H16F4N4O3S/c1-4-30-18-27-26-17(31-18)25-16(28)11-8-24-9(2)7-10(11)14-13(29-3)6-5-12(15(14)20)19(21,22)23/h5-8H,4H2,1-3H3,(H,25,26,28). The Kier molecular flexibility index (Phi) is 6.39. The Bertz CT molecular complexity index is 1120. The zero-order valence-corrected chi connectivity index (χ0v) is 17.3. The number of amides is 1. The fourth-order valence-electron chi connectivity index (χ4n) is 2.75. The van der Waals surface area contributed by atoms with Gasteiger partial charge in [-0.05, 0) is 43.4 Å². The number of pyridine rings is 1. The van der Waals surface area contributed by atoms with Crippen molar-refractivity contribution in [1.82, 2.24) is 15.2 Å². The number of alkyl halides is 3. The summed E-state index contributed by atoms with van der Waals surface area (Å²) < 4.78 is 65.1. The number of aryl methyl sites for hydroxylation is 1. The monoisotopic (exact) mass is 456 g/mol. The maximum atomic E-state index is 15.0. The molecule has 0 bridgehead atoms. The van der Waals surface area contributed by atoms with E-state index in [1.54, 1.807) is 13.8 Å². The molecule has 3 aromatic rings. The van der Waals surface area contributed by atoms with Gasteiger partial charge in [0.15, 0.2) is 0 Å². The van der Waals surface area contributed by atoms with Crippen molar-refractivity contribution >= 4 is 22.4 Å². The first kappa shape index (κ1) is 22.4. The minimum atomic E-state index is -4.93. The van der Waals surface area contributed by atoms with Gasteiger partial charge < -0.3 is 9.47 Å². The van der Waals surface area contributed by atoms with Gasteiger partial charge in [0.25, 0.3) is 11.1 Å². The van der Waals surface area contributed by atoms with Crippen LogP contribution < -0.4 is 14.8 Å². The van der Waals surface area contributed by atoms with Gasteiger partial charge in [0.2, 0.25) is 5.13 Å². The lowest BCUT2D eigenvalue weighted by molar-refractivity contribution is -0.139. The molecule has 0 aliphatic heterocycles. The van der Waals surface area contributed by atoms with Crippen LogP contribution in [0.2, 0.25) is 0 Å². The van der Waals surface area contributed by atoms with Gasteiger partial charge in [-0.1, -0.05) is 5.10 Å². The SMILES string of the molecule is CCOc1nnc(NC(=O)c2cnc(C)cc2-c2c(OC)ccc(C(F)(F)F)c2F)s1. The molecule has 164 valence electrons. The lowest BCUT2D eigenvalue weighted by Crippen LogP contribution is -2.15. The predicted molar refractivity (Wildman–Crippen MR) is 105 cm³/mol. The first-order valence-electron chi connectivity index (χ1n) is 8.84. The molecule has 1 N–H and O–H groups in total. The number of aromatic nitrogens is 3. The number of benzene rings is 1. The Balaban J connectivity index is 2.11. The van der Waals surface area contributed by atoms with Crippen molar-refractivity contribution in [2.45, 2.75) is 20.0 Å². The third kappa shape index (κ3) is 4.74. The van der Waals surface area contributed by atoms with Gasteiger partial charge in [-0.15, -0.1) is 5.10 Å². The Labute approximate surface area is 178 Å². The van der Waals surface area contributed by atoms with E-state index in [0.717, 1.165) is 23.6 Å². The number of anilines is 1. The van der Waals surface area contributed by atoms with Gasteiger partial charge in [-0.3, -0.25) is 15.1 Å². The van der Waals surface area contributed by atoms with E-state index in [1.807, 2.05) is 0 Å². The second-order valence-electron chi connectivity index (χ2n) is 6.13. The Morgan fingerprint density at radius 3 is 2.65 bits per heavy atom. The fraction of sp³-hybridized carbons (Fsp3) is 0.263. The first-order valence-corrected chi connectivity index (χ1v) is 9.65. The van der Waals surface area contributed by atoms with Crippen molar-refractivity contribution in [1.29, 1.82) is 0 Å². The summed E-state index contributed by atoms with van der Waals surface area (Å²) in [4.78, 5) is 16.9. The molecular weight excluding hydrogens is 440 g/mol. The van der Waals surface area contributed by atoms with E-state index in [2.05, 4.69) is 20.5 Å². The number of nitrogens with one attached hydrogen (secondary N) is 1. The van der Waals surface area contributed by atoms with Crippen LogP contribution >= 0.6 is 11.3 Å². The van der Waals surface area contributed by atoms with Gasteiger partial charge in [0.05, 0.1) is 30.4 Å². The molecular formula is C19H16F4N4O3S. The molecule has 0 spiro atoms. The molecule has 0 aliphatic carbocycles. The smallest absolute Gasteiger partial charge is 0.419 e. The Hall–Kier alpha value is -3.28. The quantitative estimate of drug-likeness (QED) is 0.540. The Morgan fingerprint density at radius 2 is 2.00 bits per heavy atom. The van der Waals surface area contributed by atoms with Crippen LogP contribution in [0.15, 0.2) is 24.4 Å². The summed E-state index contributed by atoms with van der Waals surface area (Å²) in [6.45, 7) is 3.66. The molecule has 1 aromatic carbocycles. The number of carbonyl (C=O) groups is 1. The van der Waals surface area contributed by atoms with E-state index in [4.69, 9.17) is 9.47 Å². The number of halogens is 4. The van der Waals surface area contributed by atoms with Crippen molar-refractivity contribution in [2.75, 3.05) is 19.0 Å². The average Bonchev–Trinajstić information content (AvgIpc) is 3.13. The summed E-state index contributed by atoms with van der Waals surface area (Å²) in [5.41, 5.74) is -1.90. The molecule has 12 heteroatoms. The summed E-state index contributed by atoms with van der Waals surface area (Å²) in [7, 11) is 1.19. The maximum Gasteiger partial charge on any atom is 0.419 e. The second kappa shape index (κ2) is 8.84. The molecule has 0 unspecified atom stereocenters. The summed E-state index contributed by atoms with van der Waals surface area (Å²) in [5, 5.41) is 10.3. The minimum Gasteiger partial charge on any atom is -0.496 e. The fourth-order valence-corrected chi connectivity index (χ4v) is 3.40. The summed E-state index contributed by atoms with van der Waals surface area (Å²) in [6, 6.07) is 2.89. The summed E-state index contributed by atoms with van der Waals surface area (Å²) in [6.07, 6.45) is -3.79. The number of carbonyl (C=O) groups excluding carboxylic acids is 1. The molecule has 0 saturated heterocycles. The van der Waals surface area contributed by atoms with Crippen molar-refractivity contribution in [3.8, 4) is 22.1 Å². The number of nitrogens with zero attached hydrogens (tertiary/aromatic N) is 3. The molecule has 1 amide bonds. The molecule has 31 heavy (non-hydrogen) atoms. The summed E-state index contributed by atoms with van der Waals surface area (Å²) in [5.74, 6) is -2.48. The van der Waals surface area contributed by atoms with Gasteiger partial charge in [0.1, 0.15) is 11.6 Å². The van der Waals surface area contributed by atoms with Crippen LogP contribution in [0, 0.1) is 12.7 Å². The number of methoxy groups -OCH3 is 1. The number of hydrogen-bond donors (Lipinski definition) is 1. The first-order chi connectivity index (χ1) is 14.7. The zero-order valence-electron chi connectivity index (χ0n) is 16.5. The van der Waals surface area contributed by atoms with E-state index in [1.165, 1.54) is 13.2 Å². The van der Waals surface area contributed by atoms with Crippen molar-refractivity contribution in [2.24, 2.45) is 0 Å². The largest absolute Gasteiger partial charge is 0.496 e. The van der Waals surface area contributed by atoms with Gasteiger partial charge in [0, 0.05) is 17.5 Å². The molecule has 0 aliphatic rings. The molecule has 0 fully saturated rings. The number of rotatable bonds is 6. The normalized spacial score (nSPS) is 11.3. The van der Waals surface area contributed by atoms with E-state index in [-0.39, 0.29) is 27.2 Å². The van der Waals surface area contributed by atoms with Crippen molar-refractivity contribution < 1.29 is 31.8 Å². The van der Waals surface area contributed by atoms with Crippen LogP contribution in [0.5, 0.6) is 10.9 Å². The van der Waals surface area contributed by atoms with Crippen molar-refractivity contribution in [3.05, 3.63) is 47.0 Å². The van der Waals surface area contributed by atoms with Gasteiger partial charge in [-0.2, -0.15) is 13.2 Å². The molecule has 0 atom stereocenters. The van der Waals surface area contributed by atoms with Crippen LogP contribution in [-0.4, -0.2) is 34.8 Å². The third-order valence-corrected chi connectivity index (χ3v) is 4.83. The number of ether oxygens (including phenoxy) is 2. The summed E-state index contributed by atoms with van der Waals surface area (Å²) >= 11 is 0.958. The highest BCUT2D eigenvalue weighted by molar-refractivity contribution is 7.17. The second-order valence-corrected chi connectivity index (χ2v) is 7.07. The predicted octanol–water partition coefficient (Wildman–Crippen LogP) is 4.73. The molecule has 2 heterocycles. The van der Waals surface area contributed by atoms with Crippen LogP contribution in [0.25, 0.3) is 11.1 Å². The highest BCUT2D eigenvalue weighted by atomic mass is 32.1. The zero-order chi connectivity index (χ0) is 22.8. The van der Waals surface area contributed by atoms with E-state index in [9.17, 15) is 18.0 Å². The van der Waals surface area contributed by atoms with E-state index in [0.29, 0.717) is 18.4 Å². The van der Waals surface area contributed by atoms with Crippen molar-refractivity contribution in [3.63, 3.8) is 0 Å². The highest BCUT2D eigenvalue weighted by Gasteiger charge is 2.37. The van der Waals surface area contributed by atoms with E-state index < -0.39 is 29.0 Å². The number of hydrogen-bond acceptors (Lipinski definition) is 7. The van der Waals surface area contributed by atoms with Crippen LogP contribution in [0.1, 0.15) is 28.5 Å². The highest BCUT2D eigenvalue weighted by Crippen LogP contribution is 2.41. The van der Waals surface area contributed by atoms with Crippen LogP contribution in [0.3, 0.4) is 0 Å².